The van der Waals surface area contributed by atoms with E-state index in [1.54, 1.807) is 0 Å². The molecule has 0 aromatic heterocycles. The first kappa shape index (κ1) is 16.5. The summed E-state index contributed by atoms with van der Waals surface area (Å²) in [6, 6.07) is 9.26. The van der Waals surface area contributed by atoms with Gasteiger partial charge in [0.15, 0.2) is 0 Å². The number of hydrogen-bond acceptors (Lipinski definition) is 2. The van der Waals surface area contributed by atoms with Gasteiger partial charge in [0, 0.05) is 6.04 Å². The van der Waals surface area contributed by atoms with Crippen LogP contribution in [0.5, 0.6) is 0 Å². The van der Waals surface area contributed by atoms with Gasteiger partial charge in [0.1, 0.15) is 0 Å². The average molecular weight is 289 g/mol. The Kier molecular flexibility index (Phi) is 6.72. The summed E-state index contributed by atoms with van der Waals surface area (Å²) in [4.78, 5) is 0. The molecule has 1 aliphatic rings. The van der Waals surface area contributed by atoms with Crippen LogP contribution in [0.2, 0.25) is 0 Å². The monoisotopic (exact) mass is 289 g/mol. The molecule has 1 aliphatic carbocycles. The SMILES string of the molecule is CCCNC(COC1CCCc2ccccc21)C(C)CC. The molecule has 0 heterocycles. The van der Waals surface area contributed by atoms with Crippen LogP contribution in [0.3, 0.4) is 0 Å². The molecule has 2 heteroatoms. The molecule has 3 unspecified atom stereocenters. The van der Waals surface area contributed by atoms with Crippen LogP contribution in [0.4, 0.5) is 0 Å². The van der Waals surface area contributed by atoms with Gasteiger partial charge in [0.2, 0.25) is 0 Å². The van der Waals surface area contributed by atoms with Crippen molar-refractivity contribution in [1.29, 1.82) is 0 Å². The summed E-state index contributed by atoms with van der Waals surface area (Å²) in [6.45, 7) is 8.72. The molecule has 0 radical (unpaired) electrons. The van der Waals surface area contributed by atoms with Crippen LogP contribution in [0.25, 0.3) is 0 Å². The maximum Gasteiger partial charge on any atom is 0.0828 e. The van der Waals surface area contributed by atoms with Gasteiger partial charge in [-0.3, -0.25) is 0 Å². The number of rotatable bonds is 8. The first-order chi connectivity index (χ1) is 10.3. The molecule has 21 heavy (non-hydrogen) atoms. The standard InChI is InChI=1S/C19H31NO/c1-4-13-20-18(15(3)5-2)14-21-19-12-8-10-16-9-6-7-11-17(16)19/h6-7,9,11,15,18-20H,4-5,8,10,12-14H2,1-3H3. The molecular formula is C19H31NO. The number of hydrogen-bond donors (Lipinski definition) is 1. The fourth-order valence-electron chi connectivity index (χ4n) is 3.14. The van der Waals surface area contributed by atoms with E-state index in [0.29, 0.717) is 18.1 Å². The second-order valence-electron chi connectivity index (χ2n) is 6.36. The minimum atomic E-state index is 0.296. The Hall–Kier alpha value is -0.860. The van der Waals surface area contributed by atoms with Crippen LogP contribution in [-0.2, 0) is 11.2 Å². The van der Waals surface area contributed by atoms with E-state index < -0.39 is 0 Å². The third-order valence-corrected chi connectivity index (χ3v) is 4.78. The highest BCUT2D eigenvalue weighted by molar-refractivity contribution is 5.31. The van der Waals surface area contributed by atoms with Gasteiger partial charge in [-0.15, -0.1) is 0 Å². The third kappa shape index (κ3) is 4.55. The summed E-state index contributed by atoms with van der Waals surface area (Å²) < 4.78 is 6.33. The first-order valence-electron chi connectivity index (χ1n) is 8.69. The van der Waals surface area contributed by atoms with Crippen LogP contribution in [0.1, 0.15) is 63.7 Å². The first-order valence-corrected chi connectivity index (χ1v) is 8.69. The van der Waals surface area contributed by atoms with E-state index in [2.05, 4.69) is 50.4 Å². The minimum Gasteiger partial charge on any atom is -0.372 e. The van der Waals surface area contributed by atoms with Gasteiger partial charge >= 0.3 is 0 Å². The lowest BCUT2D eigenvalue weighted by atomic mass is 9.89. The van der Waals surface area contributed by atoms with E-state index in [1.807, 2.05) is 0 Å². The molecule has 118 valence electrons. The molecule has 1 aromatic rings. The van der Waals surface area contributed by atoms with E-state index >= 15 is 0 Å². The molecule has 0 fully saturated rings. The van der Waals surface area contributed by atoms with Crippen LogP contribution in [0, 0.1) is 5.92 Å². The summed E-state index contributed by atoms with van der Waals surface area (Å²) in [6.07, 6.45) is 6.30. The van der Waals surface area contributed by atoms with Gasteiger partial charge in [0.05, 0.1) is 12.7 Å². The topological polar surface area (TPSA) is 21.3 Å². The van der Waals surface area contributed by atoms with Crippen LogP contribution >= 0.6 is 0 Å². The normalized spacial score (nSPS) is 20.8. The Morgan fingerprint density at radius 2 is 2.10 bits per heavy atom. The highest BCUT2D eigenvalue weighted by atomic mass is 16.5. The lowest BCUT2D eigenvalue weighted by Crippen LogP contribution is -2.39. The zero-order valence-electron chi connectivity index (χ0n) is 13.9. The molecule has 0 aliphatic heterocycles. The zero-order chi connectivity index (χ0) is 15.1. The molecule has 0 saturated heterocycles. The second-order valence-corrected chi connectivity index (χ2v) is 6.36. The predicted octanol–water partition coefficient (Wildman–Crippen LogP) is 4.49. The Morgan fingerprint density at radius 3 is 2.86 bits per heavy atom. The molecule has 2 nitrogen and oxygen atoms in total. The van der Waals surface area contributed by atoms with Gasteiger partial charge < -0.3 is 10.1 Å². The van der Waals surface area contributed by atoms with Crippen molar-refractivity contribution >= 4 is 0 Å². The number of aryl methyl sites for hydroxylation is 1. The molecule has 3 atom stereocenters. The quantitative estimate of drug-likeness (QED) is 0.761. The second kappa shape index (κ2) is 8.55. The fourth-order valence-corrected chi connectivity index (χ4v) is 3.14. The van der Waals surface area contributed by atoms with E-state index in [9.17, 15) is 0 Å². The van der Waals surface area contributed by atoms with E-state index in [0.717, 1.165) is 19.6 Å². The van der Waals surface area contributed by atoms with E-state index in [-0.39, 0.29) is 0 Å². The van der Waals surface area contributed by atoms with Crippen molar-refractivity contribution in [3.63, 3.8) is 0 Å². The maximum atomic E-state index is 6.33. The molecule has 0 saturated carbocycles. The number of benzene rings is 1. The van der Waals surface area contributed by atoms with E-state index in [4.69, 9.17) is 4.74 Å². The Balaban J connectivity index is 1.94. The van der Waals surface area contributed by atoms with Crippen LogP contribution < -0.4 is 5.32 Å². The van der Waals surface area contributed by atoms with Crippen LogP contribution in [-0.4, -0.2) is 19.2 Å². The summed E-state index contributed by atoms with van der Waals surface area (Å²) in [5.74, 6) is 0.662. The minimum absolute atomic E-state index is 0.296. The molecule has 0 spiro atoms. The smallest absolute Gasteiger partial charge is 0.0828 e. The van der Waals surface area contributed by atoms with Gasteiger partial charge in [-0.05, 0) is 49.3 Å². The summed E-state index contributed by atoms with van der Waals surface area (Å²) in [5.41, 5.74) is 2.90. The largest absolute Gasteiger partial charge is 0.372 e. The molecule has 1 aromatic carbocycles. The fraction of sp³-hybridized carbons (Fsp3) is 0.684. The van der Waals surface area contributed by atoms with E-state index in [1.165, 1.54) is 36.8 Å². The van der Waals surface area contributed by atoms with Crippen molar-refractivity contribution in [2.24, 2.45) is 5.92 Å². The van der Waals surface area contributed by atoms with Crippen LogP contribution in [0.15, 0.2) is 24.3 Å². The summed E-state index contributed by atoms with van der Waals surface area (Å²) >= 11 is 0. The Labute approximate surface area is 130 Å². The number of fused-ring (bicyclic) bond motifs is 1. The van der Waals surface area contributed by atoms with Gasteiger partial charge in [-0.25, -0.2) is 0 Å². The highest BCUT2D eigenvalue weighted by Gasteiger charge is 2.23. The summed E-state index contributed by atoms with van der Waals surface area (Å²) in [7, 11) is 0. The van der Waals surface area contributed by atoms with Crippen molar-refractivity contribution in [1.82, 2.24) is 5.32 Å². The summed E-state index contributed by atoms with van der Waals surface area (Å²) in [5, 5.41) is 3.66. The molecule has 1 N–H and O–H groups in total. The number of nitrogens with one attached hydrogen (secondary N) is 1. The van der Waals surface area contributed by atoms with Crippen molar-refractivity contribution in [3.05, 3.63) is 35.4 Å². The maximum absolute atomic E-state index is 6.33. The predicted molar refractivity (Wildman–Crippen MR) is 89.6 cm³/mol. The van der Waals surface area contributed by atoms with Crippen molar-refractivity contribution < 1.29 is 4.74 Å². The van der Waals surface area contributed by atoms with Gasteiger partial charge in [-0.2, -0.15) is 0 Å². The molecule has 2 rings (SSSR count). The molecule has 0 bridgehead atoms. The van der Waals surface area contributed by atoms with Crippen molar-refractivity contribution in [3.8, 4) is 0 Å². The molecule has 0 amide bonds. The third-order valence-electron chi connectivity index (χ3n) is 4.78. The zero-order valence-corrected chi connectivity index (χ0v) is 13.9. The lowest BCUT2D eigenvalue weighted by molar-refractivity contribution is 0.0175. The van der Waals surface area contributed by atoms with Gasteiger partial charge in [0.25, 0.3) is 0 Å². The lowest BCUT2D eigenvalue weighted by Gasteiger charge is -2.30. The van der Waals surface area contributed by atoms with Crippen molar-refractivity contribution in [2.75, 3.05) is 13.2 Å². The highest BCUT2D eigenvalue weighted by Crippen LogP contribution is 2.32. The molecular weight excluding hydrogens is 258 g/mol. The van der Waals surface area contributed by atoms with Crippen molar-refractivity contribution in [2.45, 2.75) is 65.0 Å². The Morgan fingerprint density at radius 1 is 1.29 bits per heavy atom. The Bertz CT molecular complexity index is 418. The average Bonchev–Trinajstić information content (AvgIpc) is 2.54. The van der Waals surface area contributed by atoms with Gasteiger partial charge in [-0.1, -0.05) is 51.5 Å². The number of ether oxygens (including phenoxy) is 1.